The molecule has 0 atom stereocenters. The topological polar surface area (TPSA) is 22.1 Å². The molecule has 4 heteroatoms. The molecule has 0 N–H and O–H groups in total. The molecule has 0 aliphatic rings. The molecule has 0 saturated carbocycles. The van der Waals surface area contributed by atoms with Gasteiger partial charge >= 0.3 is 0 Å². The minimum Gasteiger partial charge on any atom is -0.496 e. The number of thiazole rings is 1. The van der Waals surface area contributed by atoms with Gasteiger partial charge in [-0.1, -0.05) is 0 Å². The number of rotatable bonds is 3. The number of hydrogen-bond donors (Lipinski definition) is 0. The summed E-state index contributed by atoms with van der Waals surface area (Å²) in [4.78, 5) is 5.45. The molecule has 0 aliphatic heterocycles. The fraction of sp³-hybridized carbons (Fsp3) is 0.250. The van der Waals surface area contributed by atoms with Crippen molar-refractivity contribution in [2.24, 2.45) is 0 Å². The third-order valence-corrected chi connectivity index (χ3v) is 3.69. The van der Waals surface area contributed by atoms with Gasteiger partial charge < -0.3 is 4.74 Å². The number of hydrogen-bond acceptors (Lipinski definition) is 3. The summed E-state index contributed by atoms with van der Waals surface area (Å²) in [5, 5.41) is 0. The number of methoxy groups -OCH3 is 1. The molecular weight excluding hydrogens is 242 g/mol. The van der Waals surface area contributed by atoms with Crippen LogP contribution in [0.15, 0.2) is 23.7 Å². The van der Waals surface area contributed by atoms with Gasteiger partial charge in [0.25, 0.3) is 0 Å². The number of aromatic nitrogens is 1. The molecule has 84 valence electrons. The van der Waals surface area contributed by atoms with Crippen LogP contribution < -0.4 is 4.74 Å². The fourth-order valence-corrected chi connectivity index (χ4v) is 2.57. The molecule has 0 radical (unpaired) electrons. The molecular formula is C12H12ClNOS. The first-order chi connectivity index (χ1) is 7.76. The second-order valence-electron chi connectivity index (χ2n) is 3.44. The zero-order valence-corrected chi connectivity index (χ0v) is 10.7. The van der Waals surface area contributed by atoms with E-state index in [4.69, 9.17) is 16.3 Å². The van der Waals surface area contributed by atoms with Gasteiger partial charge in [0, 0.05) is 10.4 Å². The number of ether oxygens (including phenoxy) is 1. The maximum atomic E-state index is 5.87. The predicted molar refractivity (Wildman–Crippen MR) is 68.4 cm³/mol. The minimum absolute atomic E-state index is 0.505. The lowest BCUT2D eigenvalue weighted by atomic mass is 10.1. The average Bonchev–Trinajstić information content (AvgIpc) is 2.77. The van der Waals surface area contributed by atoms with Crippen molar-refractivity contribution in [1.29, 1.82) is 0 Å². The summed E-state index contributed by atoms with van der Waals surface area (Å²) in [7, 11) is 1.68. The number of halogens is 1. The molecule has 0 saturated heterocycles. The van der Waals surface area contributed by atoms with Crippen molar-refractivity contribution >= 4 is 22.9 Å². The number of benzene rings is 1. The molecule has 0 amide bonds. The van der Waals surface area contributed by atoms with Crippen LogP contribution in [-0.2, 0) is 5.88 Å². The molecule has 1 aromatic carbocycles. The highest BCUT2D eigenvalue weighted by atomic mass is 35.5. The molecule has 1 heterocycles. The molecule has 0 bridgehead atoms. The van der Waals surface area contributed by atoms with Crippen LogP contribution in [0.25, 0.3) is 11.3 Å². The first-order valence-electron chi connectivity index (χ1n) is 4.89. The third-order valence-electron chi connectivity index (χ3n) is 2.43. The Morgan fingerprint density at radius 3 is 2.88 bits per heavy atom. The fourth-order valence-electron chi connectivity index (χ4n) is 1.63. The van der Waals surface area contributed by atoms with Crippen LogP contribution >= 0.6 is 22.9 Å². The van der Waals surface area contributed by atoms with E-state index in [9.17, 15) is 0 Å². The summed E-state index contributed by atoms with van der Waals surface area (Å²) in [6, 6.07) is 6.04. The van der Waals surface area contributed by atoms with Gasteiger partial charge in [-0.3, -0.25) is 0 Å². The molecule has 2 rings (SSSR count). The van der Waals surface area contributed by atoms with Crippen LogP contribution in [-0.4, -0.2) is 12.1 Å². The monoisotopic (exact) mass is 253 g/mol. The summed E-state index contributed by atoms with van der Waals surface area (Å²) in [6.45, 7) is 2.02. The molecule has 0 aliphatic carbocycles. The molecule has 0 unspecified atom stereocenters. The van der Waals surface area contributed by atoms with Crippen molar-refractivity contribution in [2.45, 2.75) is 12.8 Å². The SMILES string of the molecule is COc1ccc(-c2ncsc2CCl)cc1C. The van der Waals surface area contributed by atoms with Gasteiger partial charge in [-0.15, -0.1) is 22.9 Å². The van der Waals surface area contributed by atoms with Gasteiger partial charge in [0.2, 0.25) is 0 Å². The average molecular weight is 254 g/mol. The van der Waals surface area contributed by atoms with E-state index in [0.717, 1.165) is 27.4 Å². The maximum absolute atomic E-state index is 5.87. The van der Waals surface area contributed by atoms with Gasteiger partial charge in [0.15, 0.2) is 0 Å². The maximum Gasteiger partial charge on any atom is 0.121 e. The standard InChI is InChI=1S/C12H12ClNOS/c1-8-5-9(3-4-10(8)15-2)12-11(6-13)16-7-14-12/h3-5,7H,6H2,1-2H3. The molecule has 2 aromatic rings. The first-order valence-corrected chi connectivity index (χ1v) is 6.31. The third kappa shape index (κ3) is 2.06. The Labute approximate surface area is 104 Å². The molecule has 0 fully saturated rings. The van der Waals surface area contributed by atoms with Gasteiger partial charge in [-0.2, -0.15) is 0 Å². The first kappa shape index (κ1) is 11.4. The van der Waals surface area contributed by atoms with Crippen LogP contribution in [0.1, 0.15) is 10.4 Å². The van der Waals surface area contributed by atoms with Gasteiger partial charge in [0.1, 0.15) is 5.75 Å². The van der Waals surface area contributed by atoms with E-state index in [2.05, 4.69) is 11.1 Å². The Bertz CT molecular complexity index is 496. The van der Waals surface area contributed by atoms with Crippen molar-refractivity contribution in [3.05, 3.63) is 34.2 Å². The normalized spacial score (nSPS) is 10.4. The highest BCUT2D eigenvalue weighted by Crippen LogP contribution is 2.30. The second kappa shape index (κ2) is 4.85. The van der Waals surface area contributed by atoms with Crippen LogP contribution in [0.5, 0.6) is 5.75 Å². The Balaban J connectivity index is 2.45. The van der Waals surface area contributed by atoms with E-state index in [-0.39, 0.29) is 0 Å². The van der Waals surface area contributed by atoms with E-state index in [0.29, 0.717) is 5.88 Å². The van der Waals surface area contributed by atoms with Crippen molar-refractivity contribution in [1.82, 2.24) is 4.98 Å². The Morgan fingerprint density at radius 1 is 1.44 bits per heavy atom. The van der Waals surface area contributed by atoms with E-state index in [1.54, 1.807) is 18.4 Å². The van der Waals surface area contributed by atoms with Crippen LogP contribution in [0.3, 0.4) is 0 Å². The zero-order valence-electron chi connectivity index (χ0n) is 9.16. The van der Waals surface area contributed by atoms with Crippen molar-refractivity contribution in [3.8, 4) is 17.0 Å². The number of nitrogens with zero attached hydrogens (tertiary/aromatic N) is 1. The van der Waals surface area contributed by atoms with Crippen molar-refractivity contribution in [3.63, 3.8) is 0 Å². The largest absolute Gasteiger partial charge is 0.496 e. The Morgan fingerprint density at radius 2 is 2.25 bits per heavy atom. The smallest absolute Gasteiger partial charge is 0.121 e. The number of aryl methyl sites for hydroxylation is 1. The molecule has 2 nitrogen and oxygen atoms in total. The number of alkyl halides is 1. The summed E-state index contributed by atoms with van der Waals surface area (Å²) >= 11 is 7.45. The lowest BCUT2D eigenvalue weighted by Gasteiger charge is -2.06. The van der Waals surface area contributed by atoms with E-state index >= 15 is 0 Å². The summed E-state index contributed by atoms with van der Waals surface area (Å²) in [6.07, 6.45) is 0. The molecule has 1 aromatic heterocycles. The quantitative estimate of drug-likeness (QED) is 0.775. The van der Waals surface area contributed by atoms with E-state index in [1.807, 2.05) is 24.6 Å². The lowest BCUT2D eigenvalue weighted by molar-refractivity contribution is 0.412. The highest BCUT2D eigenvalue weighted by Gasteiger charge is 2.09. The predicted octanol–water partition coefficient (Wildman–Crippen LogP) is 3.87. The molecule has 16 heavy (non-hydrogen) atoms. The van der Waals surface area contributed by atoms with Crippen LogP contribution in [0.4, 0.5) is 0 Å². The zero-order chi connectivity index (χ0) is 11.5. The summed E-state index contributed by atoms with van der Waals surface area (Å²) in [5.74, 6) is 1.40. The molecule has 0 spiro atoms. The van der Waals surface area contributed by atoms with Crippen LogP contribution in [0.2, 0.25) is 0 Å². The van der Waals surface area contributed by atoms with E-state index in [1.165, 1.54) is 0 Å². The van der Waals surface area contributed by atoms with Crippen molar-refractivity contribution < 1.29 is 4.74 Å². The summed E-state index contributed by atoms with van der Waals surface area (Å²) < 4.78 is 5.23. The summed E-state index contributed by atoms with van der Waals surface area (Å²) in [5.41, 5.74) is 5.00. The lowest BCUT2D eigenvalue weighted by Crippen LogP contribution is -1.89. The second-order valence-corrected chi connectivity index (χ2v) is 4.65. The van der Waals surface area contributed by atoms with E-state index < -0.39 is 0 Å². The highest BCUT2D eigenvalue weighted by molar-refractivity contribution is 7.10. The van der Waals surface area contributed by atoms with Gasteiger partial charge in [-0.05, 0) is 30.7 Å². The van der Waals surface area contributed by atoms with Gasteiger partial charge in [0.05, 0.1) is 24.2 Å². The van der Waals surface area contributed by atoms with Gasteiger partial charge in [-0.25, -0.2) is 4.98 Å². The van der Waals surface area contributed by atoms with Crippen LogP contribution in [0, 0.1) is 6.92 Å². The minimum atomic E-state index is 0.505. The Hall–Kier alpha value is -1.06. The Kier molecular flexibility index (Phi) is 3.46. The van der Waals surface area contributed by atoms with Crippen molar-refractivity contribution in [2.75, 3.05) is 7.11 Å².